The van der Waals surface area contributed by atoms with Gasteiger partial charge >= 0.3 is 17.9 Å². The second kappa shape index (κ2) is 49.2. The van der Waals surface area contributed by atoms with Gasteiger partial charge in [-0.15, -0.1) is 0 Å². The van der Waals surface area contributed by atoms with Crippen LogP contribution in [0.5, 0.6) is 0 Å². The monoisotopic (exact) mass is 855 g/mol. The SMILES string of the molecule is CC\C=C/C=C\C=C/C=C\C=C\C=C/CCCCCC(=O)OCC(COC(=O)CCCCC\C=C/C=C\C=C/C=C\CC)OC(=O)CCCCC/C=C\CCCCCCCCC. The highest BCUT2D eigenvalue weighted by atomic mass is 16.6. The summed E-state index contributed by atoms with van der Waals surface area (Å²) in [6, 6.07) is 0. The lowest BCUT2D eigenvalue weighted by molar-refractivity contribution is -0.167. The van der Waals surface area contributed by atoms with Gasteiger partial charge in [0.1, 0.15) is 13.2 Å². The zero-order valence-electron chi connectivity index (χ0n) is 39.3. The molecule has 0 heterocycles. The van der Waals surface area contributed by atoms with E-state index < -0.39 is 6.10 Å². The molecule has 62 heavy (non-hydrogen) atoms. The first-order valence-corrected chi connectivity index (χ1v) is 24.3. The summed E-state index contributed by atoms with van der Waals surface area (Å²) >= 11 is 0. The van der Waals surface area contributed by atoms with Crippen LogP contribution in [0.25, 0.3) is 0 Å². The Morgan fingerprint density at radius 1 is 0.339 bits per heavy atom. The Kier molecular flexibility index (Phi) is 45.7. The molecule has 6 nitrogen and oxygen atoms in total. The molecule has 0 bridgehead atoms. The minimum atomic E-state index is -0.824. The summed E-state index contributed by atoms with van der Waals surface area (Å²) in [6.45, 7) is 6.23. The number of ether oxygens (including phenoxy) is 3. The van der Waals surface area contributed by atoms with Gasteiger partial charge in [0.15, 0.2) is 6.10 Å². The predicted molar refractivity (Wildman–Crippen MR) is 265 cm³/mol. The average Bonchev–Trinajstić information content (AvgIpc) is 3.27. The molecule has 0 spiro atoms. The first-order valence-electron chi connectivity index (χ1n) is 24.3. The van der Waals surface area contributed by atoms with E-state index in [9.17, 15) is 14.4 Å². The average molecular weight is 855 g/mol. The molecule has 0 aromatic rings. The van der Waals surface area contributed by atoms with Gasteiger partial charge in [0.05, 0.1) is 0 Å². The molecule has 1 unspecified atom stereocenters. The topological polar surface area (TPSA) is 78.9 Å². The van der Waals surface area contributed by atoms with Crippen molar-refractivity contribution in [3.8, 4) is 0 Å². The van der Waals surface area contributed by atoms with Gasteiger partial charge in [-0.1, -0.05) is 212 Å². The first kappa shape index (κ1) is 57.5. The molecule has 0 aliphatic carbocycles. The standard InChI is InChI=1S/C56H86O6/c1-4-7-10-13-16-19-22-25-27-28-29-32-34-37-40-43-46-49-55(58)61-52-53(51-60-54(57)48-45-42-39-36-33-30-24-21-18-15-12-9-6-3)62-56(59)50-47-44-41-38-35-31-26-23-20-17-14-11-8-5-2/h7,9-10,12-13,15-16,18-19,21-22,24-25,27-35,53H,4-6,8,11,14,17,20,23,26,36-52H2,1-3H3/b10-7-,12-9-,16-13-,18-15-,22-19-,24-21-,27-25-,29-28+,33-30-,34-32-,35-31-. The van der Waals surface area contributed by atoms with Gasteiger partial charge in [0.2, 0.25) is 0 Å². The van der Waals surface area contributed by atoms with E-state index in [2.05, 4.69) is 57.2 Å². The Balaban J connectivity index is 4.59. The van der Waals surface area contributed by atoms with E-state index in [1.807, 2.05) is 97.2 Å². The second-order valence-electron chi connectivity index (χ2n) is 15.5. The first-order chi connectivity index (χ1) is 30.5. The Morgan fingerprint density at radius 3 is 1.03 bits per heavy atom. The second-order valence-corrected chi connectivity index (χ2v) is 15.5. The smallest absolute Gasteiger partial charge is 0.306 e. The normalized spacial score (nSPS) is 13.3. The van der Waals surface area contributed by atoms with Crippen LogP contribution in [0.3, 0.4) is 0 Å². The zero-order chi connectivity index (χ0) is 45.1. The van der Waals surface area contributed by atoms with Crippen molar-refractivity contribution in [2.45, 2.75) is 187 Å². The van der Waals surface area contributed by atoms with Gasteiger partial charge in [0, 0.05) is 19.3 Å². The maximum absolute atomic E-state index is 12.8. The van der Waals surface area contributed by atoms with Crippen LogP contribution in [0.15, 0.2) is 134 Å². The van der Waals surface area contributed by atoms with Crippen LogP contribution in [0, 0.1) is 0 Å². The number of hydrogen-bond acceptors (Lipinski definition) is 6. The van der Waals surface area contributed by atoms with Gasteiger partial charge in [0.25, 0.3) is 0 Å². The molecular formula is C56H86O6. The molecule has 6 heteroatoms. The number of unbranched alkanes of at least 4 members (excludes halogenated alkanes) is 16. The minimum Gasteiger partial charge on any atom is -0.462 e. The number of hydrogen-bond donors (Lipinski definition) is 0. The minimum absolute atomic E-state index is 0.124. The molecule has 0 aliphatic heterocycles. The maximum Gasteiger partial charge on any atom is 0.306 e. The highest BCUT2D eigenvalue weighted by Gasteiger charge is 2.19. The summed E-state index contributed by atoms with van der Waals surface area (Å²) in [5.41, 5.74) is 0. The Bertz CT molecular complexity index is 1400. The van der Waals surface area contributed by atoms with Gasteiger partial charge < -0.3 is 14.2 Å². The summed E-state index contributed by atoms with van der Waals surface area (Å²) in [5.74, 6) is -1.03. The third-order valence-corrected chi connectivity index (χ3v) is 9.63. The molecule has 0 rings (SSSR count). The van der Waals surface area contributed by atoms with Crippen molar-refractivity contribution in [1.82, 2.24) is 0 Å². The lowest BCUT2D eigenvalue weighted by Gasteiger charge is -2.18. The summed E-state index contributed by atoms with van der Waals surface area (Å²) in [7, 11) is 0. The molecule has 0 radical (unpaired) electrons. The molecule has 0 N–H and O–H groups in total. The van der Waals surface area contributed by atoms with Crippen molar-refractivity contribution in [2.24, 2.45) is 0 Å². The van der Waals surface area contributed by atoms with E-state index in [-0.39, 0.29) is 37.5 Å². The van der Waals surface area contributed by atoms with E-state index in [4.69, 9.17) is 14.2 Å². The fraction of sp³-hybridized carbons (Fsp3) is 0.554. The van der Waals surface area contributed by atoms with Crippen LogP contribution in [-0.2, 0) is 28.6 Å². The molecule has 0 saturated carbocycles. The van der Waals surface area contributed by atoms with Crippen molar-refractivity contribution < 1.29 is 28.6 Å². The molecule has 0 aliphatic rings. The van der Waals surface area contributed by atoms with E-state index in [1.165, 1.54) is 44.9 Å². The molecular weight excluding hydrogens is 769 g/mol. The number of rotatable bonds is 41. The lowest BCUT2D eigenvalue weighted by Crippen LogP contribution is -2.30. The van der Waals surface area contributed by atoms with Crippen LogP contribution >= 0.6 is 0 Å². The van der Waals surface area contributed by atoms with E-state index >= 15 is 0 Å². The zero-order valence-corrected chi connectivity index (χ0v) is 39.3. The third-order valence-electron chi connectivity index (χ3n) is 9.63. The summed E-state index contributed by atoms with van der Waals surface area (Å²) in [5, 5.41) is 0. The molecule has 0 saturated heterocycles. The summed E-state index contributed by atoms with van der Waals surface area (Å²) < 4.78 is 16.7. The fourth-order valence-electron chi connectivity index (χ4n) is 6.01. The van der Waals surface area contributed by atoms with Crippen molar-refractivity contribution in [3.63, 3.8) is 0 Å². The van der Waals surface area contributed by atoms with Crippen LogP contribution in [0.2, 0.25) is 0 Å². The number of allylic oxidation sites excluding steroid dienone is 22. The van der Waals surface area contributed by atoms with Crippen LogP contribution in [0.1, 0.15) is 181 Å². The third kappa shape index (κ3) is 46.6. The van der Waals surface area contributed by atoms with E-state index in [0.717, 1.165) is 96.3 Å². The summed E-state index contributed by atoms with van der Waals surface area (Å²) in [4.78, 5) is 37.9. The fourth-order valence-corrected chi connectivity index (χ4v) is 6.01. The predicted octanol–water partition coefficient (Wildman–Crippen LogP) is 15.9. The quantitative estimate of drug-likeness (QED) is 0.0200. The van der Waals surface area contributed by atoms with Gasteiger partial charge in [-0.05, 0) is 83.5 Å². The van der Waals surface area contributed by atoms with Crippen molar-refractivity contribution in [3.05, 3.63) is 134 Å². The van der Waals surface area contributed by atoms with Crippen LogP contribution in [-0.4, -0.2) is 37.2 Å². The van der Waals surface area contributed by atoms with E-state index in [0.29, 0.717) is 12.8 Å². The van der Waals surface area contributed by atoms with Gasteiger partial charge in [-0.2, -0.15) is 0 Å². The van der Waals surface area contributed by atoms with E-state index in [1.54, 1.807) is 0 Å². The number of carbonyl (C=O) groups is 3. The number of carbonyl (C=O) groups excluding carboxylic acids is 3. The van der Waals surface area contributed by atoms with Crippen molar-refractivity contribution in [1.29, 1.82) is 0 Å². The largest absolute Gasteiger partial charge is 0.462 e. The molecule has 0 aromatic carbocycles. The van der Waals surface area contributed by atoms with Crippen molar-refractivity contribution in [2.75, 3.05) is 13.2 Å². The number of esters is 3. The van der Waals surface area contributed by atoms with Gasteiger partial charge in [-0.25, -0.2) is 0 Å². The van der Waals surface area contributed by atoms with Crippen LogP contribution < -0.4 is 0 Å². The Labute approximate surface area is 379 Å². The molecule has 346 valence electrons. The molecule has 1 atom stereocenters. The highest BCUT2D eigenvalue weighted by Crippen LogP contribution is 2.12. The van der Waals surface area contributed by atoms with Crippen LogP contribution in [0.4, 0.5) is 0 Å². The molecule has 0 aromatic heterocycles. The molecule has 0 amide bonds. The highest BCUT2D eigenvalue weighted by molar-refractivity contribution is 5.71. The van der Waals surface area contributed by atoms with Crippen molar-refractivity contribution >= 4 is 17.9 Å². The maximum atomic E-state index is 12.8. The molecule has 0 fully saturated rings. The summed E-state index contributed by atoms with van der Waals surface area (Å²) in [6.07, 6.45) is 68.6. The Hall–Kier alpha value is -4.45. The van der Waals surface area contributed by atoms with Gasteiger partial charge in [-0.3, -0.25) is 14.4 Å². The lowest BCUT2D eigenvalue weighted by atomic mass is 10.1. The Morgan fingerprint density at radius 2 is 0.645 bits per heavy atom.